The minimum absolute atomic E-state index is 0.0249. The lowest BCUT2D eigenvalue weighted by Crippen LogP contribution is -2.64. The van der Waals surface area contributed by atoms with E-state index in [2.05, 4.69) is 12.2 Å². The van der Waals surface area contributed by atoms with Gasteiger partial charge in [0.05, 0.1) is 69.0 Å². The molecule has 0 bridgehead atoms. The van der Waals surface area contributed by atoms with Crippen LogP contribution in [0.15, 0.2) is 91.0 Å². The van der Waals surface area contributed by atoms with Gasteiger partial charge in [0, 0.05) is 25.9 Å². The van der Waals surface area contributed by atoms with Gasteiger partial charge in [-0.05, 0) is 68.0 Å². The van der Waals surface area contributed by atoms with Crippen LogP contribution >= 0.6 is 0 Å². The number of hydrogen-bond acceptors (Lipinski definition) is 10. The van der Waals surface area contributed by atoms with E-state index in [4.69, 9.17) is 33.2 Å². The van der Waals surface area contributed by atoms with Gasteiger partial charge < -0.3 is 33.2 Å². The lowest BCUT2D eigenvalue weighted by atomic mass is 9.79. The maximum atomic E-state index is 14.2. The quantitative estimate of drug-likeness (QED) is 0.0458. The molecule has 0 aliphatic carbocycles. The van der Waals surface area contributed by atoms with Crippen LogP contribution in [0, 0.1) is 5.92 Å². The molecule has 2 saturated heterocycles. The molecular weight excluding hydrogens is 727 g/mol. The zero-order valence-corrected chi connectivity index (χ0v) is 33.5. The van der Waals surface area contributed by atoms with Crippen LogP contribution in [0.3, 0.4) is 0 Å². The Bertz CT molecular complexity index is 1740. The fourth-order valence-electron chi connectivity index (χ4n) is 8.03. The second-order valence-electron chi connectivity index (χ2n) is 15.2. The number of amides is 2. The van der Waals surface area contributed by atoms with Crippen LogP contribution in [-0.2, 0) is 46.4 Å². The van der Waals surface area contributed by atoms with E-state index in [1.54, 1.807) is 31.4 Å². The SMILES string of the molecule is COc1ccc(COCCCCCCC/C=C/C[C@@H]2O[C@H](COC(C)=O)[C@@H](CC3(C)OCCO3)[C@H](OCc3ccccc3)[C@H]2N2C(=O)c3ccccc3C2=O)cc1. The molecule has 0 aromatic heterocycles. The summed E-state index contributed by atoms with van der Waals surface area (Å²) in [4.78, 5) is 41.8. The van der Waals surface area contributed by atoms with Crippen molar-refractivity contribution in [3.8, 4) is 5.75 Å². The zero-order chi connectivity index (χ0) is 40.0. The van der Waals surface area contributed by atoms with E-state index in [9.17, 15) is 14.4 Å². The van der Waals surface area contributed by atoms with Crippen LogP contribution in [0.5, 0.6) is 5.75 Å². The topological polar surface area (TPSA) is 119 Å². The van der Waals surface area contributed by atoms with Crippen molar-refractivity contribution >= 4 is 17.8 Å². The molecule has 0 unspecified atom stereocenters. The number of carbonyl (C=O) groups excluding carboxylic acids is 3. The molecule has 3 aliphatic rings. The van der Waals surface area contributed by atoms with Crippen molar-refractivity contribution in [2.75, 3.05) is 33.5 Å². The van der Waals surface area contributed by atoms with E-state index in [1.165, 1.54) is 11.8 Å². The largest absolute Gasteiger partial charge is 0.497 e. The number of carbonyl (C=O) groups is 3. The third-order valence-electron chi connectivity index (χ3n) is 11.0. The summed E-state index contributed by atoms with van der Waals surface area (Å²) in [5.74, 6) is -1.78. The third-order valence-corrected chi connectivity index (χ3v) is 11.0. The molecule has 2 amide bonds. The van der Waals surface area contributed by atoms with Crippen LogP contribution in [0.4, 0.5) is 0 Å². The maximum absolute atomic E-state index is 14.2. The number of allylic oxidation sites excluding steroid dienone is 1. The van der Waals surface area contributed by atoms with Crippen molar-refractivity contribution in [3.05, 3.63) is 113 Å². The first kappa shape index (κ1) is 42.2. The fourth-order valence-corrected chi connectivity index (χ4v) is 8.03. The molecule has 0 radical (unpaired) electrons. The predicted molar refractivity (Wildman–Crippen MR) is 214 cm³/mol. The molecule has 6 rings (SSSR count). The van der Waals surface area contributed by atoms with Gasteiger partial charge in [0.25, 0.3) is 11.8 Å². The van der Waals surface area contributed by atoms with Crippen LogP contribution in [0.25, 0.3) is 0 Å². The van der Waals surface area contributed by atoms with E-state index in [0.717, 1.165) is 62.0 Å². The van der Waals surface area contributed by atoms with Crippen LogP contribution in [0.2, 0.25) is 0 Å². The summed E-state index contributed by atoms with van der Waals surface area (Å²) in [6.45, 7) is 5.65. The molecule has 11 heteroatoms. The van der Waals surface area contributed by atoms with E-state index in [-0.39, 0.29) is 25.0 Å². The Morgan fingerprint density at radius 2 is 1.46 bits per heavy atom. The molecule has 0 N–H and O–H groups in total. The Kier molecular flexibility index (Phi) is 15.5. The molecule has 3 aliphatic heterocycles. The number of fused-ring (bicyclic) bond motifs is 1. The Balaban J connectivity index is 1.13. The highest BCUT2D eigenvalue weighted by Gasteiger charge is 2.55. The number of nitrogens with zero attached hydrogens (tertiary/aromatic N) is 1. The van der Waals surface area contributed by atoms with Gasteiger partial charge in [-0.3, -0.25) is 19.3 Å². The van der Waals surface area contributed by atoms with E-state index < -0.39 is 42.0 Å². The molecule has 11 nitrogen and oxygen atoms in total. The van der Waals surface area contributed by atoms with Gasteiger partial charge in [0.2, 0.25) is 0 Å². The van der Waals surface area contributed by atoms with Gasteiger partial charge in [0.1, 0.15) is 12.4 Å². The van der Waals surface area contributed by atoms with Gasteiger partial charge in [0.15, 0.2) is 5.79 Å². The molecule has 3 heterocycles. The maximum Gasteiger partial charge on any atom is 0.302 e. The van der Waals surface area contributed by atoms with Crippen molar-refractivity contribution in [2.45, 2.75) is 109 Å². The van der Waals surface area contributed by atoms with Crippen molar-refractivity contribution < 1.29 is 47.5 Å². The Hall–Kier alpha value is -4.39. The first-order valence-electron chi connectivity index (χ1n) is 20.3. The lowest BCUT2D eigenvalue weighted by Gasteiger charge is -2.50. The summed E-state index contributed by atoms with van der Waals surface area (Å²) in [6.07, 6.45) is 9.28. The molecule has 0 spiro atoms. The van der Waals surface area contributed by atoms with Crippen LogP contribution in [-0.4, -0.2) is 86.4 Å². The van der Waals surface area contributed by atoms with Crippen molar-refractivity contribution in [2.24, 2.45) is 5.92 Å². The summed E-state index contributed by atoms with van der Waals surface area (Å²) in [5.41, 5.74) is 2.79. The summed E-state index contributed by atoms with van der Waals surface area (Å²) >= 11 is 0. The van der Waals surface area contributed by atoms with E-state index in [1.807, 2.05) is 61.5 Å². The van der Waals surface area contributed by atoms with E-state index >= 15 is 0 Å². The van der Waals surface area contributed by atoms with E-state index in [0.29, 0.717) is 43.8 Å². The Morgan fingerprint density at radius 3 is 2.14 bits per heavy atom. The van der Waals surface area contributed by atoms with Crippen LogP contribution in [0.1, 0.15) is 97.1 Å². The number of methoxy groups -OCH3 is 1. The normalized spacial score (nSPS) is 22.9. The number of esters is 1. The summed E-state index contributed by atoms with van der Waals surface area (Å²) in [6, 6.07) is 23.8. The Labute approximate surface area is 336 Å². The van der Waals surface area contributed by atoms with Crippen molar-refractivity contribution in [1.29, 1.82) is 0 Å². The Morgan fingerprint density at radius 1 is 0.807 bits per heavy atom. The average molecular weight is 784 g/mol. The number of imide groups is 1. The summed E-state index contributed by atoms with van der Waals surface area (Å²) in [5, 5.41) is 0. The molecule has 57 heavy (non-hydrogen) atoms. The minimum atomic E-state index is -0.958. The highest BCUT2D eigenvalue weighted by molar-refractivity contribution is 6.21. The fraction of sp³-hybridized carbons (Fsp3) is 0.500. The minimum Gasteiger partial charge on any atom is -0.497 e. The number of unbranched alkanes of at least 4 members (excludes halogenated alkanes) is 5. The number of hydrogen-bond donors (Lipinski definition) is 0. The van der Waals surface area contributed by atoms with Crippen molar-refractivity contribution in [3.63, 3.8) is 0 Å². The molecular formula is C46H57NO10. The highest BCUT2D eigenvalue weighted by atomic mass is 16.7. The number of benzene rings is 3. The monoisotopic (exact) mass is 783 g/mol. The molecule has 5 atom stereocenters. The second kappa shape index (κ2) is 20.9. The predicted octanol–water partition coefficient (Wildman–Crippen LogP) is 7.85. The molecule has 0 saturated carbocycles. The molecule has 3 aromatic carbocycles. The summed E-state index contributed by atoms with van der Waals surface area (Å²) in [7, 11) is 1.66. The second-order valence-corrected chi connectivity index (χ2v) is 15.2. The van der Waals surface area contributed by atoms with Gasteiger partial charge in [-0.25, -0.2) is 0 Å². The van der Waals surface area contributed by atoms with Crippen LogP contribution < -0.4 is 4.74 Å². The van der Waals surface area contributed by atoms with Gasteiger partial charge in [-0.2, -0.15) is 0 Å². The molecule has 2 fully saturated rings. The standard InChI is InChI=1S/C46H57NO10/c1-33(48)53-32-41-39(29-46(2)55-27-28-56-46)43(54-31-34-17-11-10-12-18-34)42(47-44(49)37-19-14-15-20-38(37)45(47)50)40(57-41)21-13-8-6-4-5-7-9-16-26-52-30-35-22-24-36(51-3)25-23-35/h8,10-15,17-20,22-25,39-43H,4-7,9,16,21,26-32H2,1-3H3/b13-8+/t39-,40+,41-,42+,43+/m1/s1. The number of rotatable bonds is 21. The molecule has 306 valence electrons. The third kappa shape index (κ3) is 11.4. The lowest BCUT2D eigenvalue weighted by molar-refractivity contribution is -0.231. The smallest absolute Gasteiger partial charge is 0.302 e. The highest BCUT2D eigenvalue weighted by Crippen LogP contribution is 2.42. The average Bonchev–Trinajstić information content (AvgIpc) is 3.77. The summed E-state index contributed by atoms with van der Waals surface area (Å²) < 4.78 is 42.5. The van der Waals surface area contributed by atoms with Gasteiger partial charge >= 0.3 is 5.97 Å². The molecule has 3 aromatic rings. The first-order valence-corrected chi connectivity index (χ1v) is 20.3. The zero-order valence-electron chi connectivity index (χ0n) is 33.5. The first-order chi connectivity index (χ1) is 27.8. The van der Waals surface area contributed by atoms with Gasteiger partial charge in [-0.15, -0.1) is 0 Å². The van der Waals surface area contributed by atoms with Crippen molar-refractivity contribution in [1.82, 2.24) is 4.90 Å². The number of ether oxygens (including phenoxy) is 7. The van der Waals surface area contributed by atoms with Gasteiger partial charge in [-0.1, -0.05) is 86.0 Å².